The van der Waals surface area contributed by atoms with Crippen LogP contribution in [0.2, 0.25) is 0 Å². The Morgan fingerprint density at radius 3 is 3.25 bits per heavy atom. The van der Waals surface area contributed by atoms with Gasteiger partial charge in [0.1, 0.15) is 6.61 Å². The zero-order valence-corrected chi connectivity index (χ0v) is 8.03. The summed E-state index contributed by atoms with van der Waals surface area (Å²) in [4.78, 5) is 6.34. The molecule has 0 atom stereocenters. The van der Waals surface area contributed by atoms with Crippen LogP contribution in [0.4, 0.5) is 5.13 Å². The summed E-state index contributed by atoms with van der Waals surface area (Å²) in [5.41, 5.74) is 0. The molecule has 0 bridgehead atoms. The normalized spacial score (nSPS) is 17.7. The van der Waals surface area contributed by atoms with Crippen LogP contribution in [0.15, 0.2) is 11.6 Å². The number of nitrogens with zero attached hydrogens (tertiary/aromatic N) is 2. The molecule has 2 rings (SSSR count). The van der Waals surface area contributed by atoms with Gasteiger partial charge in [0.2, 0.25) is 0 Å². The number of thiazole rings is 1. The fraction of sp³-hybridized carbons (Fsp3) is 0.429. The van der Waals surface area contributed by atoms with Crippen molar-refractivity contribution in [3.05, 3.63) is 11.6 Å². The van der Waals surface area contributed by atoms with E-state index in [1.165, 1.54) is 0 Å². The Morgan fingerprint density at radius 1 is 1.67 bits per heavy atom. The van der Waals surface area contributed by atoms with E-state index in [1.54, 1.807) is 17.5 Å². The highest BCUT2D eigenvalue weighted by molar-refractivity contribution is 7.80. The number of anilines is 1. The van der Waals surface area contributed by atoms with Crippen molar-refractivity contribution in [2.75, 3.05) is 24.6 Å². The molecule has 3 nitrogen and oxygen atoms in total. The van der Waals surface area contributed by atoms with E-state index in [1.807, 2.05) is 5.38 Å². The molecule has 0 amide bonds. The van der Waals surface area contributed by atoms with Gasteiger partial charge in [-0.25, -0.2) is 4.98 Å². The number of aromatic nitrogens is 1. The minimum absolute atomic E-state index is 0.663. The summed E-state index contributed by atoms with van der Waals surface area (Å²) in [6.45, 7) is 2.26. The summed E-state index contributed by atoms with van der Waals surface area (Å²) >= 11 is 6.60. The van der Waals surface area contributed by atoms with Gasteiger partial charge in [0, 0.05) is 11.6 Å². The number of hydrogen-bond acceptors (Lipinski definition) is 5. The minimum atomic E-state index is 0.663. The van der Waals surface area contributed by atoms with E-state index in [-0.39, 0.29) is 0 Å². The fourth-order valence-corrected chi connectivity index (χ4v) is 1.99. The Balaban J connectivity index is 2.09. The predicted octanol–water partition coefficient (Wildman–Crippen LogP) is 1.31. The topological polar surface area (TPSA) is 25.4 Å². The second-order valence-corrected chi connectivity index (χ2v) is 3.79. The number of ether oxygens (including phenoxy) is 1. The SMILES string of the molecule is S=C1CN(c2nccs2)CCO1. The van der Waals surface area contributed by atoms with Gasteiger partial charge in [-0.3, -0.25) is 0 Å². The van der Waals surface area contributed by atoms with E-state index in [4.69, 9.17) is 17.0 Å². The first kappa shape index (κ1) is 7.94. The van der Waals surface area contributed by atoms with Gasteiger partial charge >= 0.3 is 0 Å². The Bertz CT molecular complexity index is 273. The van der Waals surface area contributed by atoms with E-state index in [0.29, 0.717) is 18.2 Å². The highest BCUT2D eigenvalue weighted by Gasteiger charge is 2.16. The molecule has 1 aliphatic heterocycles. The van der Waals surface area contributed by atoms with Crippen LogP contribution < -0.4 is 4.90 Å². The molecule has 1 aromatic rings. The number of hydrogen-bond donors (Lipinski definition) is 0. The first-order valence-corrected chi connectivity index (χ1v) is 4.95. The number of thiocarbonyl (C=S) groups is 1. The van der Waals surface area contributed by atoms with Crippen molar-refractivity contribution < 1.29 is 4.74 Å². The lowest BCUT2D eigenvalue weighted by molar-refractivity contribution is 0.295. The number of rotatable bonds is 1. The molecule has 0 saturated carbocycles. The molecule has 1 saturated heterocycles. The third-order valence-corrected chi connectivity index (χ3v) is 2.71. The summed E-state index contributed by atoms with van der Waals surface area (Å²) in [7, 11) is 0. The summed E-state index contributed by atoms with van der Waals surface area (Å²) in [6.07, 6.45) is 1.80. The Morgan fingerprint density at radius 2 is 2.58 bits per heavy atom. The molecule has 1 aliphatic rings. The predicted molar refractivity (Wildman–Crippen MR) is 52.9 cm³/mol. The third kappa shape index (κ3) is 1.56. The molecule has 5 heteroatoms. The van der Waals surface area contributed by atoms with Crippen LogP contribution in [0.3, 0.4) is 0 Å². The van der Waals surface area contributed by atoms with Crippen molar-refractivity contribution in [2.45, 2.75) is 0 Å². The molecule has 0 radical (unpaired) electrons. The molecule has 0 aromatic carbocycles. The second kappa shape index (κ2) is 3.37. The van der Waals surface area contributed by atoms with Crippen molar-refractivity contribution in [3.63, 3.8) is 0 Å². The van der Waals surface area contributed by atoms with Gasteiger partial charge in [0.15, 0.2) is 10.2 Å². The van der Waals surface area contributed by atoms with Crippen LogP contribution >= 0.6 is 23.6 Å². The summed E-state index contributed by atoms with van der Waals surface area (Å²) < 4.78 is 5.17. The zero-order valence-electron chi connectivity index (χ0n) is 6.40. The van der Waals surface area contributed by atoms with E-state index in [0.717, 1.165) is 11.7 Å². The van der Waals surface area contributed by atoms with Crippen molar-refractivity contribution in [1.82, 2.24) is 4.98 Å². The Labute approximate surface area is 80.0 Å². The molecule has 1 fully saturated rings. The van der Waals surface area contributed by atoms with Crippen LogP contribution in [0.25, 0.3) is 0 Å². The van der Waals surface area contributed by atoms with Gasteiger partial charge in [-0.2, -0.15) is 0 Å². The van der Waals surface area contributed by atoms with Crippen LogP contribution in [-0.4, -0.2) is 29.7 Å². The molecular formula is C7H8N2OS2. The maximum atomic E-state index is 5.17. The van der Waals surface area contributed by atoms with E-state index >= 15 is 0 Å². The average molecular weight is 200 g/mol. The second-order valence-electron chi connectivity index (χ2n) is 2.46. The molecule has 2 heterocycles. The molecular weight excluding hydrogens is 192 g/mol. The van der Waals surface area contributed by atoms with Gasteiger partial charge in [-0.1, -0.05) is 0 Å². The Kier molecular flexibility index (Phi) is 2.23. The monoisotopic (exact) mass is 200 g/mol. The zero-order chi connectivity index (χ0) is 8.39. The lowest BCUT2D eigenvalue weighted by Gasteiger charge is -2.26. The lowest BCUT2D eigenvalue weighted by Crippen LogP contribution is -2.38. The van der Waals surface area contributed by atoms with Gasteiger partial charge in [-0.05, 0) is 12.2 Å². The van der Waals surface area contributed by atoms with Crippen LogP contribution in [0.1, 0.15) is 0 Å². The van der Waals surface area contributed by atoms with Crippen molar-refractivity contribution in [2.24, 2.45) is 0 Å². The molecule has 12 heavy (non-hydrogen) atoms. The molecule has 0 spiro atoms. The maximum absolute atomic E-state index is 5.17. The van der Waals surface area contributed by atoms with Crippen LogP contribution in [0.5, 0.6) is 0 Å². The molecule has 0 unspecified atom stereocenters. The first-order chi connectivity index (χ1) is 5.86. The van der Waals surface area contributed by atoms with Crippen molar-refractivity contribution >= 4 is 33.7 Å². The fourth-order valence-electron chi connectivity index (χ4n) is 1.09. The minimum Gasteiger partial charge on any atom is -0.483 e. The molecule has 0 N–H and O–H groups in total. The van der Waals surface area contributed by atoms with E-state index in [2.05, 4.69) is 9.88 Å². The van der Waals surface area contributed by atoms with Gasteiger partial charge < -0.3 is 9.64 Å². The molecule has 64 valence electrons. The number of morpholine rings is 1. The summed E-state index contributed by atoms with van der Waals surface area (Å²) in [5, 5.41) is 3.66. The lowest BCUT2D eigenvalue weighted by atomic mass is 10.5. The van der Waals surface area contributed by atoms with Crippen molar-refractivity contribution in [3.8, 4) is 0 Å². The standard InChI is InChI=1S/C7H8N2OS2/c11-6-5-9(2-3-10-6)7-8-1-4-12-7/h1,4H,2-3,5H2. The first-order valence-electron chi connectivity index (χ1n) is 3.66. The third-order valence-electron chi connectivity index (χ3n) is 1.63. The van der Waals surface area contributed by atoms with Gasteiger partial charge in [0.25, 0.3) is 0 Å². The average Bonchev–Trinajstić information content (AvgIpc) is 2.56. The highest BCUT2D eigenvalue weighted by atomic mass is 32.1. The van der Waals surface area contributed by atoms with E-state index < -0.39 is 0 Å². The largest absolute Gasteiger partial charge is 0.483 e. The highest BCUT2D eigenvalue weighted by Crippen LogP contribution is 2.18. The molecule has 0 aliphatic carbocycles. The van der Waals surface area contributed by atoms with Gasteiger partial charge in [0.05, 0.1) is 13.1 Å². The van der Waals surface area contributed by atoms with Crippen molar-refractivity contribution in [1.29, 1.82) is 0 Å². The van der Waals surface area contributed by atoms with Crippen LogP contribution in [0, 0.1) is 0 Å². The summed E-state index contributed by atoms with van der Waals surface area (Å²) in [6, 6.07) is 0. The quantitative estimate of drug-likeness (QED) is 0.638. The Hall–Kier alpha value is -0.680. The maximum Gasteiger partial charge on any atom is 0.185 e. The van der Waals surface area contributed by atoms with Crippen LogP contribution in [-0.2, 0) is 4.74 Å². The van der Waals surface area contributed by atoms with E-state index in [9.17, 15) is 0 Å². The smallest absolute Gasteiger partial charge is 0.185 e. The molecule has 1 aromatic heterocycles. The summed E-state index contributed by atoms with van der Waals surface area (Å²) in [5.74, 6) is 0. The van der Waals surface area contributed by atoms with Gasteiger partial charge in [-0.15, -0.1) is 11.3 Å².